The molecule has 2 aromatic rings. The van der Waals surface area contributed by atoms with E-state index in [1.165, 1.54) is 5.57 Å². The molecule has 0 bridgehead atoms. The van der Waals surface area contributed by atoms with Crippen molar-refractivity contribution in [2.45, 2.75) is 51.8 Å². The molecule has 2 aromatic carbocycles. The van der Waals surface area contributed by atoms with Crippen LogP contribution in [0, 0.1) is 5.41 Å². The van der Waals surface area contributed by atoms with Gasteiger partial charge in [0.05, 0.1) is 12.2 Å². The molecule has 1 spiro atoms. The third-order valence-electron chi connectivity index (χ3n) is 7.69. The number of likely N-dealkylation sites (tertiary alicyclic amines) is 1. The van der Waals surface area contributed by atoms with Crippen LogP contribution in [0.1, 0.15) is 40.5 Å². The predicted octanol–water partition coefficient (Wildman–Crippen LogP) is 5.27. The molecule has 0 radical (unpaired) electrons. The standard InChI is InChI=1S/C26H30N2O3/c1-6-22(29)30-18-12-10-17-11-13-20-23(19(17)15-18)27-16-26(31-20)24(2,3)21-9-7-8-14-25(21,4)28(26)5/h7-13,15,27H,6,14,16H2,1-5H3. The second kappa shape index (κ2) is 6.60. The Morgan fingerprint density at radius 1 is 1.23 bits per heavy atom. The van der Waals surface area contributed by atoms with Gasteiger partial charge in [0.25, 0.3) is 0 Å². The number of esters is 1. The fraction of sp³-hybridized carbons (Fsp3) is 0.423. The first-order valence-electron chi connectivity index (χ1n) is 11.0. The van der Waals surface area contributed by atoms with Crippen LogP contribution in [0.5, 0.6) is 11.5 Å². The van der Waals surface area contributed by atoms with E-state index in [1.54, 1.807) is 6.92 Å². The van der Waals surface area contributed by atoms with Crippen LogP contribution in [0.4, 0.5) is 5.69 Å². The lowest BCUT2D eigenvalue weighted by molar-refractivity contribution is -0.134. The lowest BCUT2D eigenvalue weighted by atomic mass is 9.71. The molecule has 2 heterocycles. The van der Waals surface area contributed by atoms with Crippen molar-refractivity contribution in [3.05, 3.63) is 54.1 Å². The van der Waals surface area contributed by atoms with Gasteiger partial charge in [-0.25, -0.2) is 0 Å². The van der Waals surface area contributed by atoms with Crippen LogP contribution < -0.4 is 14.8 Å². The van der Waals surface area contributed by atoms with Gasteiger partial charge in [-0.15, -0.1) is 0 Å². The zero-order valence-corrected chi connectivity index (χ0v) is 18.9. The highest BCUT2D eigenvalue weighted by atomic mass is 16.5. The van der Waals surface area contributed by atoms with Gasteiger partial charge < -0.3 is 14.8 Å². The Morgan fingerprint density at radius 3 is 2.74 bits per heavy atom. The summed E-state index contributed by atoms with van der Waals surface area (Å²) >= 11 is 0. The minimum absolute atomic E-state index is 0.0736. The van der Waals surface area contributed by atoms with Gasteiger partial charge in [-0.05, 0) is 49.6 Å². The van der Waals surface area contributed by atoms with Gasteiger partial charge in [0, 0.05) is 22.8 Å². The first-order chi connectivity index (χ1) is 14.7. The highest BCUT2D eigenvalue weighted by molar-refractivity contribution is 5.98. The number of benzene rings is 2. The Labute approximate surface area is 183 Å². The quantitative estimate of drug-likeness (QED) is 0.532. The van der Waals surface area contributed by atoms with Crippen molar-refractivity contribution in [3.8, 4) is 11.5 Å². The van der Waals surface area contributed by atoms with Crippen LogP contribution in [0.25, 0.3) is 10.8 Å². The summed E-state index contributed by atoms with van der Waals surface area (Å²) < 4.78 is 12.4. The van der Waals surface area contributed by atoms with E-state index >= 15 is 0 Å². The summed E-state index contributed by atoms with van der Waals surface area (Å²) in [5.74, 6) is 1.15. The van der Waals surface area contributed by atoms with Crippen LogP contribution in [0.15, 0.2) is 54.1 Å². The highest BCUT2D eigenvalue weighted by Crippen LogP contribution is 2.60. The van der Waals surface area contributed by atoms with Crippen molar-refractivity contribution >= 4 is 22.4 Å². The maximum atomic E-state index is 11.8. The normalized spacial score (nSPS) is 28.5. The molecule has 3 aliphatic rings. The van der Waals surface area contributed by atoms with Gasteiger partial charge in [-0.2, -0.15) is 0 Å². The first-order valence-corrected chi connectivity index (χ1v) is 11.0. The van der Waals surface area contributed by atoms with Gasteiger partial charge in [-0.1, -0.05) is 51.1 Å². The molecule has 0 saturated carbocycles. The van der Waals surface area contributed by atoms with E-state index in [2.05, 4.69) is 62.3 Å². The number of allylic oxidation sites excluding steroid dienone is 2. The van der Waals surface area contributed by atoms with Crippen LogP contribution >= 0.6 is 0 Å². The lowest BCUT2D eigenvalue weighted by Gasteiger charge is -2.49. The Bertz CT molecular complexity index is 1150. The van der Waals surface area contributed by atoms with Crippen molar-refractivity contribution in [1.82, 2.24) is 4.90 Å². The van der Waals surface area contributed by atoms with Crippen LogP contribution in [-0.2, 0) is 4.79 Å². The van der Waals surface area contributed by atoms with E-state index in [0.717, 1.165) is 28.6 Å². The Morgan fingerprint density at radius 2 is 2.00 bits per heavy atom. The SMILES string of the molecule is CCC(=O)Oc1ccc2ccc3c(c2c1)NCC1(O3)N(C)C2(C)CC=CC=C2C1(C)C. The van der Waals surface area contributed by atoms with E-state index in [-0.39, 0.29) is 16.9 Å². The Balaban J connectivity index is 1.59. The molecule has 5 rings (SSSR count). The number of hydrogen-bond donors (Lipinski definition) is 1. The summed E-state index contributed by atoms with van der Waals surface area (Å²) in [5, 5.41) is 5.77. The molecule has 31 heavy (non-hydrogen) atoms. The number of rotatable bonds is 2. The summed E-state index contributed by atoms with van der Waals surface area (Å²) in [7, 11) is 2.18. The number of anilines is 1. The van der Waals surface area contributed by atoms with Crippen molar-refractivity contribution in [1.29, 1.82) is 0 Å². The average molecular weight is 419 g/mol. The van der Waals surface area contributed by atoms with Crippen LogP contribution in [0.2, 0.25) is 0 Å². The third-order valence-corrected chi connectivity index (χ3v) is 7.69. The molecule has 1 aliphatic carbocycles. The van der Waals surface area contributed by atoms with Crippen LogP contribution in [-0.4, -0.2) is 35.7 Å². The maximum Gasteiger partial charge on any atom is 0.310 e. The van der Waals surface area contributed by atoms with Gasteiger partial charge in [-0.3, -0.25) is 9.69 Å². The number of ether oxygens (including phenoxy) is 2. The van der Waals surface area contributed by atoms with Gasteiger partial charge >= 0.3 is 5.97 Å². The molecule has 1 saturated heterocycles. The number of nitrogens with one attached hydrogen (secondary N) is 1. The molecule has 0 amide bonds. The third kappa shape index (κ3) is 2.62. The molecular formula is C26H30N2O3. The van der Waals surface area contributed by atoms with Crippen molar-refractivity contribution in [2.24, 2.45) is 5.41 Å². The van der Waals surface area contributed by atoms with Crippen LogP contribution in [0.3, 0.4) is 0 Å². The molecular weight excluding hydrogens is 388 g/mol. The number of likely N-dealkylation sites (N-methyl/N-ethyl adjacent to an activating group) is 1. The average Bonchev–Trinajstić information content (AvgIpc) is 2.89. The molecule has 5 nitrogen and oxygen atoms in total. The fourth-order valence-corrected chi connectivity index (χ4v) is 5.75. The summed E-state index contributed by atoms with van der Waals surface area (Å²) in [6.45, 7) is 9.34. The largest absolute Gasteiger partial charge is 0.468 e. The van der Waals surface area contributed by atoms with Crippen molar-refractivity contribution < 1.29 is 14.3 Å². The summed E-state index contributed by atoms with van der Waals surface area (Å²) in [5.41, 5.74) is 1.60. The second-order valence-corrected chi connectivity index (χ2v) is 9.56. The minimum atomic E-state index is -0.507. The number of hydrogen-bond acceptors (Lipinski definition) is 5. The van der Waals surface area contributed by atoms with Crippen molar-refractivity contribution in [2.75, 3.05) is 18.9 Å². The van der Waals surface area contributed by atoms with E-state index in [1.807, 2.05) is 24.3 Å². The molecule has 1 fully saturated rings. The maximum absolute atomic E-state index is 11.8. The zero-order chi connectivity index (χ0) is 22.0. The van der Waals surface area contributed by atoms with E-state index in [9.17, 15) is 4.79 Å². The molecule has 2 atom stereocenters. The molecule has 2 unspecified atom stereocenters. The van der Waals surface area contributed by atoms with Crippen molar-refractivity contribution in [3.63, 3.8) is 0 Å². The van der Waals surface area contributed by atoms with Gasteiger partial charge in [0.15, 0.2) is 5.72 Å². The molecule has 1 N–H and O–H groups in total. The highest BCUT2D eigenvalue weighted by Gasteiger charge is 2.67. The Hall–Kier alpha value is -2.79. The number of carbonyl (C=O) groups is 1. The molecule has 5 heteroatoms. The first kappa shape index (κ1) is 20.1. The monoisotopic (exact) mass is 418 g/mol. The summed E-state index contributed by atoms with van der Waals surface area (Å²) in [6.07, 6.45) is 8.00. The number of fused-ring (bicyclic) bond motifs is 4. The Kier molecular flexibility index (Phi) is 4.29. The van der Waals surface area contributed by atoms with E-state index < -0.39 is 5.72 Å². The van der Waals surface area contributed by atoms with Gasteiger partial charge in [0.1, 0.15) is 11.5 Å². The number of carbonyl (C=O) groups excluding carboxylic acids is 1. The zero-order valence-electron chi connectivity index (χ0n) is 18.9. The predicted molar refractivity (Wildman–Crippen MR) is 124 cm³/mol. The minimum Gasteiger partial charge on any atom is -0.468 e. The summed E-state index contributed by atoms with van der Waals surface area (Å²) in [4.78, 5) is 14.2. The lowest BCUT2D eigenvalue weighted by Crippen LogP contribution is -2.63. The molecule has 0 aromatic heterocycles. The van der Waals surface area contributed by atoms with Gasteiger partial charge in [0.2, 0.25) is 0 Å². The van der Waals surface area contributed by atoms with E-state index in [0.29, 0.717) is 18.7 Å². The fourth-order valence-electron chi connectivity index (χ4n) is 5.75. The number of nitrogens with zero attached hydrogens (tertiary/aromatic N) is 1. The summed E-state index contributed by atoms with van der Waals surface area (Å²) in [6, 6.07) is 9.86. The molecule has 2 aliphatic heterocycles. The topological polar surface area (TPSA) is 50.8 Å². The smallest absolute Gasteiger partial charge is 0.310 e. The molecule has 162 valence electrons. The van der Waals surface area contributed by atoms with E-state index in [4.69, 9.17) is 9.47 Å². The second-order valence-electron chi connectivity index (χ2n) is 9.56.